The molecule has 0 heterocycles. The highest BCUT2D eigenvalue weighted by molar-refractivity contribution is 14.1. The normalized spacial score (nSPS) is 11.4. The standard InChI is InChI=1S/C8H6F3IO/c9-8(10,11)5-13-7-3-1-2-6(12)4-7/h1-4H,5H2. The fourth-order valence-corrected chi connectivity index (χ4v) is 1.24. The summed E-state index contributed by atoms with van der Waals surface area (Å²) in [5.74, 6) is 0.240. The second kappa shape index (κ2) is 4.17. The Labute approximate surface area is 87.0 Å². The van der Waals surface area contributed by atoms with E-state index in [1.54, 1.807) is 18.2 Å². The first-order valence-corrected chi connectivity index (χ1v) is 4.50. The molecule has 1 aromatic rings. The summed E-state index contributed by atoms with van der Waals surface area (Å²) >= 11 is 2.00. The van der Waals surface area contributed by atoms with E-state index < -0.39 is 12.8 Å². The molecule has 0 aromatic heterocycles. The first-order valence-electron chi connectivity index (χ1n) is 3.42. The molecule has 1 aromatic carbocycles. The summed E-state index contributed by atoms with van der Waals surface area (Å²) in [5, 5.41) is 0. The summed E-state index contributed by atoms with van der Waals surface area (Å²) in [6.45, 7) is -1.24. The van der Waals surface area contributed by atoms with Crippen LogP contribution in [0.1, 0.15) is 0 Å². The van der Waals surface area contributed by atoms with Crippen molar-refractivity contribution < 1.29 is 17.9 Å². The molecule has 0 saturated heterocycles. The van der Waals surface area contributed by atoms with Crippen molar-refractivity contribution in [1.82, 2.24) is 0 Å². The van der Waals surface area contributed by atoms with E-state index in [1.165, 1.54) is 6.07 Å². The molecule has 1 rings (SSSR count). The summed E-state index contributed by atoms with van der Waals surface area (Å²) in [4.78, 5) is 0. The number of alkyl halides is 3. The van der Waals surface area contributed by atoms with Crippen molar-refractivity contribution in [1.29, 1.82) is 0 Å². The maximum atomic E-state index is 11.7. The van der Waals surface area contributed by atoms with Crippen molar-refractivity contribution >= 4 is 22.6 Å². The largest absolute Gasteiger partial charge is 0.484 e. The minimum atomic E-state index is -4.28. The first-order chi connectivity index (χ1) is 5.97. The highest BCUT2D eigenvalue weighted by atomic mass is 127. The van der Waals surface area contributed by atoms with Crippen molar-refractivity contribution in [2.45, 2.75) is 6.18 Å². The molecule has 0 atom stereocenters. The van der Waals surface area contributed by atoms with E-state index in [1.807, 2.05) is 22.6 Å². The van der Waals surface area contributed by atoms with Crippen molar-refractivity contribution in [3.05, 3.63) is 27.8 Å². The van der Waals surface area contributed by atoms with Crippen LogP contribution in [-0.2, 0) is 0 Å². The minimum Gasteiger partial charge on any atom is -0.484 e. The van der Waals surface area contributed by atoms with Crippen molar-refractivity contribution in [3.8, 4) is 5.75 Å². The Balaban J connectivity index is 2.55. The van der Waals surface area contributed by atoms with Gasteiger partial charge in [-0.05, 0) is 40.8 Å². The third-order valence-electron chi connectivity index (χ3n) is 1.20. The molecule has 0 aliphatic carbocycles. The van der Waals surface area contributed by atoms with Crippen LogP contribution < -0.4 is 4.74 Å². The lowest BCUT2D eigenvalue weighted by atomic mass is 10.3. The second-order valence-electron chi connectivity index (χ2n) is 2.36. The van der Waals surface area contributed by atoms with Crippen LogP contribution in [0.5, 0.6) is 5.75 Å². The monoisotopic (exact) mass is 302 g/mol. The van der Waals surface area contributed by atoms with Gasteiger partial charge in [-0.1, -0.05) is 6.07 Å². The summed E-state index contributed by atoms with van der Waals surface area (Å²) in [5.41, 5.74) is 0. The maximum absolute atomic E-state index is 11.7. The fourth-order valence-electron chi connectivity index (χ4n) is 0.722. The molecule has 0 unspecified atom stereocenters. The van der Waals surface area contributed by atoms with Gasteiger partial charge >= 0.3 is 6.18 Å². The summed E-state index contributed by atoms with van der Waals surface area (Å²) in [6, 6.07) is 6.47. The van der Waals surface area contributed by atoms with Crippen LogP contribution in [0.3, 0.4) is 0 Å². The Hall–Kier alpha value is -0.460. The van der Waals surface area contributed by atoms with Crippen LogP contribution in [-0.4, -0.2) is 12.8 Å². The Kier molecular flexibility index (Phi) is 3.40. The first kappa shape index (κ1) is 10.6. The van der Waals surface area contributed by atoms with Gasteiger partial charge in [0.2, 0.25) is 0 Å². The minimum absolute atomic E-state index is 0.240. The molecule has 0 fully saturated rings. The van der Waals surface area contributed by atoms with Gasteiger partial charge in [0.25, 0.3) is 0 Å². The summed E-state index contributed by atoms with van der Waals surface area (Å²) in [7, 11) is 0. The molecule has 0 bridgehead atoms. The van der Waals surface area contributed by atoms with Gasteiger partial charge in [-0.25, -0.2) is 0 Å². The van der Waals surface area contributed by atoms with E-state index in [-0.39, 0.29) is 5.75 Å². The second-order valence-corrected chi connectivity index (χ2v) is 3.61. The van der Waals surface area contributed by atoms with Crippen LogP contribution in [0.15, 0.2) is 24.3 Å². The predicted molar refractivity (Wildman–Crippen MR) is 50.7 cm³/mol. The zero-order valence-corrected chi connectivity index (χ0v) is 8.59. The van der Waals surface area contributed by atoms with Gasteiger partial charge in [0.1, 0.15) is 5.75 Å². The van der Waals surface area contributed by atoms with Crippen LogP contribution in [0, 0.1) is 3.57 Å². The van der Waals surface area contributed by atoms with Gasteiger partial charge in [0, 0.05) is 3.57 Å². The molecule has 0 amide bonds. The van der Waals surface area contributed by atoms with E-state index in [4.69, 9.17) is 0 Å². The predicted octanol–water partition coefficient (Wildman–Crippen LogP) is 3.23. The molecule has 5 heteroatoms. The van der Waals surface area contributed by atoms with Crippen LogP contribution >= 0.6 is 22.6 Å². The van der Waals surface area contributed by atoms with Crippen molar-refractivity contribution in [3.63, 3.8) is 0 Å². The molecule has 72 valence electrons. The van der Waals surface area contributed by atoms with E-state index in [0.29, 0.717) is 0 Å². The molecular formula is C8H6F3IO. The number of ether oxygens (including phenoxy) is 1. The zero-order chi connectivity index (χ0) is 9.90. The Morgan fingerprint density at radius 2 is 2.00 bits per heavy atom. The third kappa shape index (κ3) is 4.35. The average Bonchev–Trinajstić information content (AvgIpc) is 2.00. The Morgan fingerprint density at radius 3 is 2.54 bits per heavy atom. The zero-order valence-electron chi connectivity index (χ0n) is 6.44. The molecular weight excluding hydrogens is 296 g/mol. The molecule has 0 spiro atoms. The number of benzene rings is 1. The van der Waals surface area contributed by atoms with E-state index in [9.17, 15) is 13.2 Å². The Bertz CT molecular complexity index is 285. The molecule has 0 aliphatic rings. The van der Waals surface area contributed by atoms with E-state index >= 15 is 0 Å². The van der Waals surface area contributed by atoms with Crippen LogP contribution in [0.25, 0.3) is 0 Å². The number of rotatable bonds is 2. The fraction of sp³-hybridized carbons (Fsp3) is 0.250. The SMILES string of the molecule is FC(F)(F)COc1cccc(I)c1. The van der Waals surface area contributed by atoms with E-state index in [0.717, 1.165) is 3.57 Å². The van der Waals surface area contributed by atoms with Gasteiger partial charge in [-0.15, -0.1) is 0 Å². The molecule has 13 heavy (non-hydrogen) atoms. The van der Waals surface area contributed by atoms with Crippen LogP contribution in [0.4, 0.5) is 13.2 Å². The smallest absolute Gasteiger partial charge is 0.422 e. The molecule has 0 aliphatic heterocycles. The quantitative estimate of drug-likeness (QED) is 0.762. The van der Waals surface area contributed by atoms with Gasteiger partial charge < -0.3 is 4.74 Å². The lowest BCUT2D eigenvalue weighted by molar-refractivity contribution is -0.153. The van der Waals surface area contributed by atoms with Gasteiger partial charge in [0.05, 0.1) is 0 Å². The van der Waals surface area contributed by atoms with Crippen molar-refractivity contribution in [2.75, 3.05) is 6.61 Å². The van der Waals surface area contributed by atoms with Gasteiger partial charge in [0.15, 0.2) is 6.61 Å². The number of hydrogen-bond donors (Lipinski definition) is 0. The number of hydrogen-bond acceptors (Lipinski definition) is 1. The Morgan fingerprint density at radius 1 is 1.31 bits per heavy atom. The average molecular weight is 302 g/mol. The number of halogens is 4. The van der Waals surface area contributed by atoms with E-state index in [2.05, 4.69) is 4.74 Å². The highest BCUT2D eigenvalue weighted by Crippen LogP contribution is 2.19. The molecule has 0 N–H and O–H groups in total. The van der Waals surface area contributed by atoms with Gasteiger partial charge in [-0.3, -0.25) is 0 Å². The highest BCUT2D eigenvalue weighted by Gasteiger charge is 2.28. The molecule has 1 nitrogen and oxygen atoms in total. The summed E-state index contributed by atoms with van der Waals surface area (Å²) < 4.78 is 40.5. The summed E-state index contributed by atoms with van der Waals surface area (Å²) in [6.07, 6.45) is -4.28. The van der Waals surface area contributed by atoms with Crippen LogP contribution in [0.2, 0.25) is 0 Å². The molecule has 0 radical (unpaired) electrons. The maximum Gasteiger partial charge on any atom is 0.422 e. The third-order valence-corrected chi connectivity index (χ3v) is 1.87. The van der Waals surface area contributed by atoms with Crippen molar-refractivity contribution in [2.24, 2.45) is 0 Å². The lowest BCUT2D eigenvalue weighted by Gasteiger charge is -2.08. The lowest BCUT2D eigenvalue weighted by Crippen LogP contribution is -2.19. The van der Waals surface area contributed by atoms with Gasteiger partial charge in [-0.2, -0.15) is 13.2 Å². The topological polar surface area (TPSA) is 9.23 Å². The molecule has 0 saturated carbocycles.